The lowest BCUT2D eigenvalue weighted by Gasteiger charge is -2.29. The highest BCUT2D eigenvalue weighted by Gasteiger charge is 2.34. The van der Waals surface area contributed by atoms with Crippen LogP contribution in [0.25, 0.3) is 0 Å². The van der Waals surface area contributed by atoms with Gasteiger partial charge < -0.3 is 10.6 Å². The summed E-state index contributed by atoms with van der Waals surface area (Å²) in [7, 11) is 0. The van der Waals surface area contributed by atoms with Gasteiger partial charge >= 0.3 is 0 Å². The summed E-state index contributed by atoms with van der Waals surface area (Å²) in [5.41, 5.74) is 9.94. The number of nitrogens with zero attached hydrogens (tertiary/aromatic N) is 1. The average molecular weight is 236 g/mol. The van der Waals surface area contributed by atoms with Gasteiger partial charge in [-0.1, -0.05) is 48.5 Å². The summed E-state index contributed by atoms with van der Waals surface area (Å²) in [4.78, 5) is 2.21. The Kier molecular flexibility index (Phi) is 2.65. The molecule has 1 heterocycles. The molecule has 1 aliphatic heterocycles. The van der Waals surface area contributed by atoms with Crippen molar-refractivity contribution in [2.24, 2.45) is 5.73 Å². The average Bonchev–Trinajstić information content (AvgIpc) is 2.73. The number of anilines is 1. The van der Waals surface area contributed by atoms with Crippen LogP contribution in [0, 0.1) is 0 Å². The smallest absolute Gasteiger partial charge is 0.104 e. The monoisotopic (exact) mass is 236 g/mol. The first-order chi connectivity index (χ1) is 8.83. The van der Waals surface area contributed by atoms with Crippen molar-refractivity contribution in [3.05, 3.63) is 78.4 Å². The second kappa shape index (κ2) is 4.31. The Bertz CT molecular complexity index is 562. The van der Waals surface area contributed by atoms with Gasteiger partial charge in [0.25, 0.3) is 0 Å². The maximum Gasteiger partial charge on any atom is 0.104 e. The zero-order valence-corrected chi connectivity index (χ0v) is 10.2. The predicted octanol–water partition coefficient (Wildman–Crippen LogP) is 3.39. The Morgan fingerprint density at radius 2 is 1.56 bits per heavy atom. The maximum absolute atomic E-state index is 6.37. The van der Waals surface area contributed by atoms with Gasteiger partial charge in [0.05, 0.1) is 6.04 Å². The van der Waals surface area contributed by atoms with E-state index in [2.05, 4.69) is 41.8 Å². The van der Waals surface area contributed by atoms with Crippen molar-refractivity contribution < 1.29 is 0 Å². The Labute approximate surface area is 107 Å². The van der Waals surface area contributed by atoms with Crippen molar-refractivity contribution in [2.75, 3.05) is 4.90 Å². The summed E-state index contributed by atoms with van der Waals surface area (Å²) >= 11 is 0. The summed E-state index contributed by atoms with van der Waals surface area (Å²) in [6, 6.07) is 18.7. The van der Waals surface area contributed by atoms with Gasteiger partial charge in [0, 0.05) is 5.69 Å². The number of benzene rings is 2. The lowest BCUT2D eigenvalue weighted by Crippen LogP contribution is -2.30. The van der Waals surface area contributed by atoms with E-state index in [4.69, 9.17) is 5.73 Å². The van der Waals surface area contributed by atoms with Gasteiger partial charge in [0.2, 0.25) is 0 Å². The summed E-state index contributed by atoms with van der Waals surface area (Å²) < 4.78 is 0. The molecule has 2 aromatic carbocycles. The Morgan fingerprint density at radius 3 is 2.22 bits per heavy atom. The molecule has 0 spiro atoms. The summed E-state index contributed by atoms with van der Waals surface area (Å²) in [5, 5.41) is 0. The van der Waals surface area contributed by atoms with Crippen LogP contribution in [0.15, 0.2) is 67.3 Å². The van der Waals surface area contributed by atoms with Crippen LogP contribution in [0.3, 0.4) is 0 Å². The predicted molar refractivity (Wildman–Crippen MR) is 75.2 cm³/mol. The van der Waals surface area contributed by atoms with E-state index >= 15 is 0 Å². The number of para-hydroxylation sites is 1. The molecule has 3 rings (SSSR count). The molecule has 90 valence electrons. The van der Waals surface area contributed by atoms with E-state index in [1.807, 2.05) is 30.3 Å². The fourth-order valence-electron chi connectivity index (χ4n) is 2.68. The fraction of sp³-hybridized carbons (Fsp3) is 0.125. The molecule has 2 nitrogen and oxygen atoms in total. The van der Waals surface area contributed by atoms with E-state index in [1.165, 1.54) is 11.1 Å². The molecule has 0 fully saturated rings. The van der Waals surface area contributed by atoms with E-state index in [-0.39, 0.29) is 12.2 Å². The molecule has 0 aliphatic carbocycles. The first-order valence-corrected chi connectivity index (χ1v) is 6.13. The third-order valence-electron chi connectivity index (χ3n) is 3.51. The zero-order valence-electron chi connectivity index (χ0n) is 10.2. The van der Waals surface area contributed by atoms with Crippen LogP contribution < -0.4 is 10.6 Å². The quantitative estimate of drug-likeness (QED) is 0.810. The van der Waals surface area contributed by atoms with Crippen LogP contribution in [0.2, 0.25) is 0 Å². The number of nitrogens with two attached hydrogens (primary N) is 1. The van der Waals surface area contributed by atoms with Crippen molar-refractivity contribution in [3.63, 3.8) is 0 Å². The SMILES string of the molecule is C=CC1c2ccccc2C(N)N1c1ccccc1. The number of fused-ring (bicyclic) bond motifs is 1. The van der Waals surface area contributed by atoms with Crippen molar-refractivity contribution in [1.29, 1.82) is 0 Å². The van der Waals surface area contributed by atoms with E-state index in [0.717, 1.165) is 5.69 Å². The number of rotatable bonds is 2. The topological polar surface area (TPSA) is 29.3 Å². The highest BCUT2D eigenvalue weighted by Crippen LogP contribution is 2.42. The molecule has 18 heavy (non-hydrogen) atoms. The van der Waals surface area contributed by atoms with Crippen LogP contribution in [-0.2, 0) is 0 Å². The first kappa shape index (κ1) is 11.1. The third kappa shape index (κ3) is 1.54. The second-order valence-electron chi connectivity index (χ2n) is 4.50. The minimum atomic E-state index is -0.105. The normalized spacial score (nSPS) is 21.7. The van der Waals surface area contributed by atoms with Crippen molar-refractivity contribution in [1.82, 2.24) is 0 Å². The molecule has 0 amide bonds. The van der Waals surface area contributed by atoms with Gasteiger partial charge in [0.1, 0.15) is 6.17 Å². The maximum atomic E-state index is 6.37. The Hall–Kier alpha value is -2.06. The van der Waals surface area contributed by atoms with E-state index < -0.39 is 0 Å². The van der Waals surface area contributed by atoms with Gasteiger partial charge in [-0.15, -0.1) is 6.58 Å². The number of hydrogen-bond donors (Lipinski definition) is 1. The molecule has 0 saturated carbocycles. The molecule has 2 atom stereocenters. The first-order valence-electron chi connectivity index (χ1n) is 6.13. The summed E-state index contributed by atoms with van der Waals surface area (Å²) in [6.07, 6.45) is 1.85. The van der Waals surface area contributed by atoms with Crippen molar-refractivity contribution >= 4 is 5.69 Å². The molecule has 2 N–H and O–H groups in total. The molecular formula is C16H16N2. The Morgan fingerprint density at radius 1 is 0.944 bits per heavy atom. The fourth-order valence-corrected chi connectivity index (χ4v) is 2.68. The van der Waals surface area contributed by atoms with Crippen LogP contribution in [0.4, 0.5) is 5.69 Å². The van der Waals surface area contributed by atoms with E-state index in [0.29, 0.717) is 0 Å². The van der Waals surface area contributed by atoms with Gasteiger partial charge in [-0.3, -0.25) is 0 Å². The van der Waals surface area contributed by atoms with Crippen LogP contribution in [0.1, 0.15) is 23.3 Å². The Balaban J connectivity index is 2.11. The summed E-state index contributed by atoms with van der Waals surface area (Å²) in [5.74, 6) is 0. The van der Waals surface area contributed by atoms with Crippen LogP contribution >= 0.6 is 0 Å². The zero-order chi connectivity index (χ0) is 12.5. The molecule has 0 radical (unpaired) electrons. The molecular weight excluding hydrogens is 220 g/mol. The van der Waals surface area contributed by atoms with Crippen LogP contribution in [0.5, 0.6) is 0 Å². The van der Waals surface area contributed by atoms with Gasteiger partial charge in [-0.2, -0.15) is 0 Å². The minimum Gasteiger partial charge on any atom is -0.342 e. The summed E-state index contributed by atoms with van der Waals surface area (Å²) in [6.45, 7) is 3.95. The molecule has 2 heteroatoms. The lowest BCUT2D eigenvalue weighted by atomic mass is 10.0. The highest BCUT2D eigenvalue weighted by atomic mass is 15.3. The molecule has 0 saturated heterocycles. The van der Waals surface area contributed by atoms with Gasteiger partial charge in [0.15, 0.2) is 0 Å². The number of hydrogen-bond acceptors (Lipinski definition) is 2. The van der Waals surface area contributed by atoms with E-state index in [9.17, 15) is 0 Å². The van der Waals surface area contributed by atoms with Gasteiger partial charge in [-0.05, 0) is 23.3 Å². The third-order valence-corrected chi connectivity index (χ3v) is 3.51. The van der Waals surface area contributed by atoms with Crippen molar-refractivity contribution in [2.45, 2.75) is 12.2 Å². The minimum absolute atomic E-state index is 0.105. The standard InChI is InChI=1S/C16H16N2/c1-2-15-13-10-6-7-11-14(13)16(17)18(15)12-8-4-3-5-9-12/h2-11,15-16H,1,17H2. The molecule has 2 aromatic rings. The largest absolute Gasteiger partial charge is 0.342 e. The molecule has 0 aromatic heterocycles. The van der Waals surface area contributed by atoms with Crippen LogP contribution in [-0.4, -0.2) is 0 Å². The van der Waals surface area contributed by atoms with E-state index in [1.54, 1.807) is 0 Å². The molecule has 0 bridgehead atoms. The molecule has 1 aliphatic rings. The van der Waals surface area contributed by atoms with Crippen molar-refractivity contribution in [3.8, 4) is 0 Å². The lowest BCUT2D eigenvalue weighted by molar-refractivity contribution is 0.663. The second-order valence-corrected chi connectivity index (χ2v) is 4.50. The highest BCUT2D eigenvalue weighted by molar-refractivity contribution is 5.58. The molecule has 2 unspecified atom stereocenters. The van der Waals surface area contributed by atoms with Gasteiger partial charge in [-0.25, -0.2) is 0 Å².